The molecule has 1 aliphatic rings. The van der Waals surface area contributed by atoms with Gasteiger partial charge < -0.3 is 14.6 Å². The highest BCUT2D eigenvalue weighted by Gasteiger charge is 2.34. The normalized spacial score (nSPS) is 14.3. The van der Waals surface area contributed by atoms with Gasteiger partial charge in [0, 0.05) is 29.1 Å². The third kappa shape index (κ3) is 5.68. The first-order valence-electron chi connectivity index (χ1n) is 13.4. The first-order chi connectivity index (χ1) is 19.0. The topological polar surface area (TPSA) is 129 Å². The van der Waals surface area contributed by atoms with E-state index in [9.17, 15) is 18.3 Å². The van der Waals surface area contributed by atoms with Crippen molar-refractivity contribution in [2.45, 2.75) is 58.2 Å². The summed E-state index contributed by atoms with van der Waals surface area (Å²) >= 11 is 0. The lowest BCUT2D eigenvalue weighted by atomic mass is 9.85. The van der Waals surface area contributed by atoms with E-state index in [0.29, 0.717) is 31.4 Å². The van der Waals surface area contributed by atoms with Crippen molar-refractivity contribution < 1.29 is 27.8 Å². The quantitative estimate of drug-likeness (QED) is 0.238. The number of fused-ring (bicyclic) bond motifs is 1. The molecule has 0 aliphatic carbocycles. The summed E-state index contributed by atoms with van der Waals surface area (Å²) in [6, 6.07) is 15.8. The summed E-state index contributed by atoms with van der Waals surface area (Å²) < 4.78 is 35.0. The third-order valence-electron chi connectivity index (χ3n) is 7.52. The summed E-state index contributed by atoms with van der Waals surface area (Å²) in [5.74, 6) is -0.448. The number of nitrogens with two attached hydrogens (primary N) is 1. The Balaban J connectivity index is 1.66. The van der Waals surface area contributed by atoms with Crippen molar-refractivity contribution in [1.82, 2.24) is 4.98 Å². The van der Waals surface area contributed by atoms with E-state index in [-0.39, 0.29) is 5.75 Å². The number of benzene rings is 3. The molecule has 5 rings (SSSR count). The van der Waals surface area contributed by atoms with Crippen LogP contribution in [0.2, 0.25) is 0 Å². The van der Waals surface area contributed by atoms with E-state index in [1.807, 2.05) is 69.3 Å². The number of hydrogen-bond donors (Lipinski definition) is 2. The lowest BCUT2D eigenvalue weighted by molar-refractivity contribution is -0.163. The molecule has 9 heteroatoms. The third-order valence-corrected chi connectivity index (χ3v) is 8.37. The zero-order valence-corrected chi connectivity index (χ0v) is 23.8. The average Bonchev–Trinajstić information content (AvgIpc) is 2.89. The molecule has 0 radical (unpaired) electrons. The van der Waals surface area contributed by atoms with Crippen LogP contribution in [0.4, 0.5) is 0 Å². The molecule has 8 nitrogen and oxygen atoms in total. The van der Waals surface area contributed by atoms with Crippen LogP contribution >= 0.6 is 0 Å². The molecule has 1 aromatic heterocycles. The maximum absolute atomic E-state index is 12.9. The van der Waals surface area contributed by atoms with E-state index in [1.165, 1.54) is 0 Å². The second-order valence-electron chi connectivity index (χ2n) is 11.0. The molecular weight excluding hydrogens is 528 g/mol. The number of carboxylic acids is 1. The number of aliphatic carboxylic acids is 1. The zero-order valence-electron chi connectivity index (χ0n) is 22.9. The summed E-state index contributed by atoms with van der Waals surface area (Å²) in [7, 11) is -3.56. The molecule has 1 atom stereocenters. The molecule has 0 spiro atoms. The molecule has 4 aromatic rings. The molecular formula is C31H34N2O6S. The number of ether oxygens (including phenoxy) is 2. The van der Waals surface area contributed by atoms with Gasteiger partial charge in [0.2, 0.25) is 10.0 Å². The van der Waals surface area contributed by atoms with E-state index < -0.39 is 27.7 Å². The van der Waals surface area contributed by atoms with Gasteiger partial charge in [0.1, 0.15) is 5.75 Å². The molecule has 1 aliphatic heterocycles. The van der Waals surface area contributed by atoms with Crippen molar-refractivity contribution in [3.8, 4) is 16.9 Å². The van der Waals surface area contributed by atoms with Crippen molar-refractivity contribution in [3.05, 3.63) is 71.4 Å². The largest absolute Gasteiger partial charge is 0.493 e. The SMILES string of the molecule is Cc1cc2ccccc2c(-c2ccc3c4c(ccnc24)CCO3)c1C(OC(C)(C)CCCCS(N)(=O)=O)C(=O)O. The summed E-state index contributed by atoms with van der Waals surface area (Å²) in [5, 5.41) is 18.5. The Morgan fingerprint density at radius 1 is 1.18 bits per heavy atom. The summed E-state index contributed by atoms with van der Waals surface area (Å²) in [6.07, 6.45) is 2.67. The lowest BCUT2D eigenvalue weighted by Gasteiger charge is -2.31. The molecule has 3 N–H and O–H groups in total. The monoisotopic (exact) mass is 562 g/mol. The van der Waals surface area contributed by atoms with Crippen LogP contribution in [0, 0.1) is 6.92 Å². The fraction of sp³-hybridized carbons (Fsp3) is 0.355. The summed E-state index contributed by atoms with van der Waals surface area (Å²) in [5.41, 5.74) is 4.03. The molecule has 0 amide bonds. The van der Waals surface area contributed by atoms with Crippen molar-refractivity contribution in [3.63, 3.8) is 0 Å². The predicted molar refractivity (Wildman–Crippen MR) is 156 cm³/mol. The minimum atomic E-state index is -3.56. The minimum absolute atomic E-state index is 0.124. The Morgan fingerprint density at radius 2 is 1.95 bits per heavy atom. The molecule has 0 bridgehead atoms. The Labute approximate surface area is 234 Å². The van der Waals surface area contributed by atoms with Gasteiger partial charge in [0.25, 0.3) is 0 Å². The van der Waals surface area contributed by atoms with Gasteiger partial charge in [-0.2, -0.15) is 0 Å². The number of primary sulfonamides is 1. The maximum atomic E-state index is 12.9. The Morgan fingerprint density at radius 3 is 2.70 bits per heavy atom. The van der Waals surface area contributed by atoms with E-state index in [2.05, 4.69) is 0 Å². The van der Waals surface area contributed by atoms with Crippen molar-refractivity contribution in [2.75, 3.05) is 12.4 Å². The van der Waals surface area contributed by atoms with Gasteiger partial charge in [-0.1, -0.05) is 30.3 Å². The van der Waals surface area contributed by atoms with Crippen LogP contribution in [0.25, 0.3) is 32.8 Å². The van der Waals surface area contributed by atoms with Crippen LogP contribution in [0.5, 0.6) is 5.75 Å². The van der Waals surface area contributed by atoms with Gasteiger partial charge in [-0.05, 0) is 85.7 Å². The zero-order chi connectivity index (χ0) is 28.7. The molecule has 3 aromatic carbocycles. The summed E-state index contributed by atoms with van der Waals surface area (Å²) in [4.78, 5) is 17.6. The number of hydrogen-bond acceptors (Lipinski definition) is 6. The number of rotatable bonds is 10. The number of sulfonamides is 1. The molecule has 0 saturated carbocycles. The van der Waals surface area contributed by atoms with Crippen molar-refractivity contribution in [2.24, 2.45) is 5.14 Å². The van der Waals surface area contributed by atoms with Crippen LogP contribution < -0.4 is 9.88 Å². The van der Waals surface area contributed by atoms with Crippen LogP contribution in [0.3, 0.4) is 0 Å². The van der Waals surface area contributed by atoms with Crippen LogP contribution in [-0.2, 0) is 26.0 Å². The smallest absolute Gasteiger partial charge is 0.337 e. The van der Waals surface area contributed by atoms with Gasteiger partial charge in [-0.3, -0.25) is 4.98 Å². The maximum Gasteiger partial charge on any atom is 0.337 e. The predicted octanol–water partition coefficient (Wildman–Crippen LogP) is 5.68. The molecule has 0 saturated heterocycles. The van der Waals surface area contributed by atoms with E-state index in [4.69, 9.17) is 19.6 Å². The van der Waals surface area contributed by atoms with Gasteiger partial charge in [0.15, 0.2) is 6.10 Å². The van der Waals surface area contributed by atoms with Crippen molar-refractivity contribution >= 4 is 37.7 Å². The van der Waals surface area contributed by atoms with Gasteiger partial charge in [-0.15, -0.1) is 0 Å². The van der Waals surface area contributed by atoms with Crippen LogP contribution in [0.15, 0.2) is 54.7 Å². The molecule has 1 unspecified atom stereocenters. The first kappa shape index (κ1) is 28.0. The molecule has 210 valence electrons. The number of aromatic nitrogens is 1. The number of nitrogens with zero attached hydrogens (tertiary/aromatic N) is 1. The second-order valence-corrected chi connectivity index (χ2v) is 12.8. The highest BCUT2D eigenvalue weighted by Crippen LogP contribution is 2.45. The van der Waals surface area contributed by atoms with Crippen LogP contribution in [-0.4, -0.2) is 42.4 Å². The molecule has 40 heavy (non-hydrogen) atoms. The van der Waals surface area contributed by atoms with Crippen LogP contribution in [0.1, 0.15) is 55.9 Å². The van der Waals surface area contributed by atoms with Gasteiger partial charge >= 0.3 is 5.97 Å². The highest BCUT2D eigenvalue weighted by molar-refractivity contribution is 7.89. The lowest BCUT2D eigenvalue weighted by Crippen LogP contribution is -2.31. The fourth-order valence-corrected chi connectivity index (χ4v) is 6.31. The fourth-order valence-electron chi connectivity index (χ4n) is 5.70. The van der Waals surface area contributed by atoms with E-state index in [1.54, 1.807) is 6.20 Å². The first-order valence-corrected chi connectivity index (χ1v) is 15.1. The molecule has 2 heterocycles. The number of aryl methyl sites for hydroxylation is 1. The standard InChI is InChI=1S/C31H34N2O6S/c1-19-18-21-8-4-5-9-22(21)27(23-10-11-24-26-20(13-16-38-24)12-15-33-28(23)26)25(19)29(30(34)35)39-31(2,3)14-6-7-17-40(32,36)37/h4-5,8-12,15,18,29H,6-7,13-14,16-17H2,1-3H3,(H,34,35)(H2,32,36,37). The number of pyridine rings is 1. The Kier molecular flexibility index (Phi) is 7.56. The van der Waals surface area contributed by atoms with Gasteiger partial charge in [-0.25, -0.2) is 18.4 Å². The summed E-state index contributed by atoms with van der Waals surface area (Å²) in [6.45, 7) is 6.17. The Hall–Kier alpha value is -3.53. The number of carbonyl (C=O) groups is 1. The van der Waals surface area contributed by atoms with Gasteiger partial charge in [0.05, 0.1) is 23.5 Å². The molecule has 0 fully saturated rings. The second kappa shape index (κ2) is 10.8. The average molecular weight is 563 g/mol. The Bertz CT molecular complexity index is 1700. The van der Waals surface area contributed by atoms with E-state index >= 15 is 0 Å². The number of carboxylic acid groups (broad SMARTS) is 1. The van der Waals surface area contributed by atoms with Crippen molar-refractivity contribution in [1.29, 1.82) is 0 Å². The highest BCUT2D eigenvalue weighted by atomic mass is 32.2. The van der Waals surface area contributed by atoms with E-state index in [0.717, 1.165) is 56.1 Å². The number of unbranched alkanes of at least 4 members (excludes halogenated alkanes) is 1. The minimum Gasteiger partial charge on any atom is -0.493 e.